The fourth-order valence-corrected chi connectivity index (χ4v) is 3.55. The minimum absolute atomic E-state index is 0.0367. The molecule has 2 N–H and O–H groups in total. The number of carbonyl (C=O) groups excluding carboxylic acids is 1. The standard InChI is InChI=1S/C20H29NO5/c1-20(2,26-16-7-6-14-4-3-5-15(14)12-16)19(23)21-17-13-24-10-8-18(17)25-11-9-22/h6-7,12,17-18,22H,3-5,8-11,13H2,1-2H3,(H,21,23)/t17-,18+/m1/s1. The number of rotatable bonds is 7. The van der Waals surface area contributed by atoms with Crippen molar-refractivity contribution < 1.29 is 24.1 Å². The van der Waals surface area contributed by atoms with E-state index in [4.69, 9.17) is 19.3 Å². The monoisotopic (exact) mass is 363 g/mol. The van der Waals surface area contributed by atoms with Gasteiger partial charge < -0.3 is 24.6 Å². The Balaban J connectivity index is 1.61. The minimum atomic E-state index is -1.01. The lowest BCUT2D eigenvalue weighted by atomic mass is 10.0. The van der Waals surface area contributed by atoms with Crippen LogP contribution in [0.25, 0.3) is 0 Å². The van der Waals surface area contributed by atoms with Crippen LogP contribution < -0.4 is 10.1 Å². The molecule has 6 heteroatoms. The Kier molecular flexibility index (Phi) is 6.16. The number of hydrogen-bond acceptors (Lipinski definition) is 5. The van der Waals surface area contributed by atoms with E-state index in [2.05, 4.69) is 11.4 Å². The van der Waals surface area contributed by atoms with E-state index in [1.807, 2.05) is 12.1 Å². The lowest BCUT2D eigenvalue weighted by Crippen LogP contribution is -2.56. The van der Waals surface area contributed by atoms with Gasteiger partial charge >= 0.3 is 0 Å². The zero-order valence-electron chi connectivity index (χ0n) is 15.6. The number of benzene rings is 1. The van der Waals surface area contributed by atoms with Gasteiger partial charge in [0.2, 0.25) is 0 Å². The minimum Gasteiger partial charge on any atom is -0.478 e. The van der Waals surface area contributed by atoms with Crippen molar-refractivity contribution in [3.8, 4) is 5.75 Å². The number of amides is 1. The lowest BCUT2D eigenvalue weighted by Gasteiger charge is -2.34. The first kappa shape index (κ1) is 19.1. The molecule has 144 valence electrons. The van der Waals surface area contributed by atoms with Crippen molar-refractivity contribution in [3.63, 3.8) is 0 Å². The highest BCUT2D eigenvalue weighted by atomic mass is 16.5. The SMILES string of the molecule is CC(C)(Oc1ccc2c(c1)CCC2)C(=O)N[C@@H]1COCC[C@@H]1OCCO. The molecule has 0 radical (unpaired) electrons. The van der Waals surface area contributed by atoms with Crippen LogP contribution in [0.3, 0.4) is 0 Å². The quantitative estimate of drug-likeness (QED) is 0.770. The molecule has 2 aliphatic rings. The third-order valence-electron chi connectivity index (χ3n) is 5.02. The van der Waals surface area contributed by atoms with Crippen molar-refractivity contribution in [1.82, 2.24) is 5.32 Å². The number of hydrogen-bond donors (Lipinski definition) is 2. The van der Waals surface area contributed by atoms with E-state index >= 15 is 0 Å². The van der Waals surface area contributed by atoms with Gasteiger partial charge in [-0.3, -0.25) is 4.79 Å². The molecule has 1 aliphatic carbocycles. The Labute approximate surface area is 154 Å². The Morgan fingerprint density at radius 2 is 2.15 bits per heavy atom. The van der Waals surface area contributed by atoms with Crippen LogP contribution in [0.2, 0.25) is 0 Å². The van der Waals surface area contributed by atoms with Gasteiger partial charge in [0.25, 0.3) is 5.91 Å². The lowest BCUT2D eigenvalue weighted by molar-refractivity contribution is -0.139. The van der Waals surface area contributed by atoms with Gasteiger partial charge in [-0.25, -0.2) is 0 Å². The van der Waals surface area contributed by atoms with Gasteiger partial charge in [0, 0.05) is 6.61 Å². The Morgan fingerprint density at radius 1 is 1.35 bits per heavy atom. The Morgan fingerprint density at radius 3 is 2.96 bits per heavy atom. The number of fused-ring (bicyclic) bond motifs is 1. The summed E-state index contributed by atoms with van der Waals surface area (Å²) in [5, 5.41) is 12.0. The van der Waals surface area contributed by atoms with Gasteiger partial charge in [0.1, 0.15) is 5.75 Å². The highest BCUT2D eigenvalue weighted by molar-refractivity contribution is 5.85. The van der Waals surface area contributed by atoms with Crippen LogP contribution in [0.15, 0.2) is 18.2 Å². The maximum atomic E-state index is 12.8. The maximum Gasteiger partial charge on any atom is 0.263 e. The molecule has 2 atom stereocenters. The third kappa shape index (κ3) is 4.55. The van der Waals surface area contributed by atoms with E-state index in [1.54, 1.807) is 13.8 Å². The van der Waals surface area contributed by atoms with Crippen LogP contribution >= 0.6 is 0 Å². The summed E-state index contributed by atoms with van der Waals surface area (Å²) in [6.07, 6.45) is 3.91. The van der Waals surface area contributed by atoms with Crippen molar-refractivity contribution >= 4 is 5.91 Å². The van der Waals surface area contributed by atoms with Gasteiger partial charge in [0.05, 0.1) is 32.0 Å². The van der Waals surface area contributed by atoms with Gasteiger partial charge in [-0.05, 0) is 62.8 Å². The molecule has 1 amide bonds. The fraction of sp³-hybridized carbons (Fsp3) is 0.650. The Hall–Kier alpha value is -1.63. The normalized spacial score (nSPS) is 22.7. The molecule has 6 nitrogen and oxygen atoms in total. The second-order valence-corrected chi connectivity index (χ2v) is 7.47. The second kappa shape index (κ2) is 8.37. The molecule has 1 heterocycles. The highest BCUT2D eigenvalue weighted by Crippen LogP contribution is 2.28. The van der Waals surface area contributed by atoms with Gasteiger partial charge in [-0.15, -0.1) is 0 Å². The van der Waals surface area contributed by atoms with E-state index in [-0.39, 0.29) is 31.3 Å². The molecular weight excluding hydrogens is 334 g/mol. The summed E-state index contributed by atoms with van der Waals surface area (Å²) in [6, 6.07) is 5.84. The molecular formula is C20H29NO5. The molecule has 0 unspecified atom stereocenters. The molecule has 3 rings (SSSR count). The van der Waals surface area contributed by atoms with Crippen molar-refractivity contribution in [2.75, 3.05) is 26.4 Å². The van der Waals surface area contributed by atoms with E-state index < -0.39 is 5.60 Å². The van der Waals surface area contributed by atoms with Crippen LogP contribution in [0, 0.1) is 0 Å². The van der Waals surface area contributed by atoms with E-state index in [9.17, 15) is 4.79 Å². The van der Waals surface area contributed by atoms with Crippen molar-refractivity contribution in [3.05, 3.63) is 29.3 Å². The molecule has 0 saturated carbocycles. The van der Waals surface area contributed by atoms with Gasteiger partial charge in [-0.2, -0.15) is 0 Å². The van der Waals surface area contributed by atoms with Gasteiger partial charge in [0.15, 0.2) is 5.60 Å². The summed E-state index contributed by atoms with van der Waals surface area (Å²) >= 11 is 0. The largest absolute Gasteiger partial charge is 0.478 e. The zero-order chi connectivity index (χ0) is 18.6. The predicted molar refractivity (Wildman–Crippen MR) is 97.4 cm³/mol. The second-order valence-electron chi connectivity index (χ2n) is 7.47. The maximum absolute atomic E-state index is 12.8. The number of aliphatic hydroxyl groups excluding tert-OH is 1. The first-order chi connectivity index (χ1) is 12.5. The number of aliphatic hydroxyl groups is 1. The predicted octanol–water partition coefficient (Wildman–Crippen LogP) is 1.62. The van der Waals surface area contributed by atoms with Crippen LogP contribution in [-0.2, 0) is 27.1 Å². The summed E-state index contributed by atoms with van der Waals surface area (Å²) in [7, 11) is 0. The number of nitrogens with one attached hydrogen (secondary N) is 1. The van der Waals surface area contributed by atoms with E-state index in [0.717, 1.165) is 18.6 Å². The molecule has 0 bridgehead atoms. The topological polar surface area (TPSA) is 77.0 Å². The summed E-state index contributed by atoms with van der Waals surface area (Å²) in [5.41, 5.74) is 1.69. The van der Waals surface area contributed by atoms with Crippen molar-refractivity contribution in [1.29, 1.82) is 0 Å². The fourth-order valence-electron chi connectivity index (χ4n) is 3.55. The summed E-state index contributed by atoms with van der Waals surface area (Å²) in [4.78, 5) is 12.8. The molecule has 1 fully saturated rings. The molecule has 1 aromatic rings. The van der Waals surface area contributed by atoms with Crippen molar-refractivity contribution in [2.24, 2.45) is 0 Å². The molecule has 0 spiro atoms. The zero-order valence-corrected chi connectivity index (χ0v) is 15.6. The first-order valence-corrected chi connectivity index (χ1v) is 9.41. The van der Waals surface area contributed by atoms with E-state index in [0.29, 0.717) is 19.6 Å². The summed E-state index contributed by atoms with van der Waals surface area (Å²) in [5.74, 6) is 0.518. The third-order valence-corrected chi connectivity index (χ3v) is 5.02. The Bertz CT molecular complexity index is 631. The first-order valence-electron chi connectivity index (χ1n) is 9.41. The highest BCUT2D eigenvalue weighted by Gasteiger charge is 2.35. The summed E-state index contributed by atoms with van der Waals surface area (Å²) < 4.78 is 17.1. The van der Waals surface area contributed by atoms with Crippen LogP contribution in [0.4, 0.5) is 0 Å². The van der Waals surface area contributed by atoms with Crippen molar-refractivity contribution in [2.45, 2.75) is 57.3 Å². The number of ether oxygens (including phenoxy) is 3. The van der Waals surface area contributed by atoms with Crippen LogP contribution in [-0.4, -0.2) is 55.2 Å². The van der Waals surface area contributed by atoms with E-state index in [1.165, 1.54) is 17.5 Å². The molecule has 1 saturated heterocycles. The molecule has 26 heavy (non-hydrogen) atoms. The van der Waals surface area contributed by atoms with Gasteiger partial charge in [-0.1, -0.05) is 6.07 Å². The molecule has 0 aromatic heterocycles. The average molecular weight is 363 g/mol. The molecule has 1 aliphatic heterocycles. The number of aryl methyl sites for hydroxylation is 2. The summed E-state index contributed by atoms with van der Waals surface area (Å²) in [6.45, 7) is 4.75. The average Bonchev–Trinajstić information content (AvgIpc) is 3.08. The van der Waals surface area contributed by atoms with Crippen LogP contribution in [0.5, 0.6) is 5.75 Å². The molecule has 1 aromatic carbocycles. The number of carbonyl (C=O) groups is 1. The smallest absolute Gasteiger partial charge is 0.263 e. The van der Waals surface area contributed by atoms with Crippen LogP contribution in [0.1, 0.15) is 37.8 Å².